The van der Waals surface area contributed by atoms with E-state index in [1.54, 1.807) is 0 Å². The maximum atomic E-state index is 13.5. The molecule has 0 bridgehead atoms. The van der Waals surface area contributed by atoms with E-state index in [1.165, 1.54) is 7.11 Å². The predicted octanol–water partition coefficient (Wildman–Crippen LogP) is 4.81. The van der Waals surface area contributed by atoms with Crippen LogP contribution in [0, 0.1) is 5.41 Å². The van der Waals surface area contributed by atoms with Crippen molar-refractivity contribution in [2.75, 3.05) is 12.0 Å². The first-order valence-electron chi connectivity index (χ1n) is 10.3. The molecule has 1 aliphatic heterocycles. The molecule has 1 saturated carbocycles. The van der Waals surface area contributed by atoms with E-state index in [-0.39, 0.29) is 23.8 Å². The number of nitrogens with zero attached hydrogens (tertiary/aromatic N) is 1. The van der Waals surface area contributed by atoms with Crippen LogP contribution in [0.15, 0.2) is 66.7 Å². The Hall–Kier alpha value is -3.14. The maximum Gasteiger partial charge on any atom is 0.319 e. The molecule has 5 rings (SSSR count). The van der Waals surface area contributed by atoms with Crippen LogP contribution in [-0.4, -0.2) is 25.0 Å². The van der Waals surface area contributed by atoms with Crippen LogP contribution in [0.1, 0.15) is 37.8 Å². The van der Waals surface area contributed by atoms with Gasteiger partial charge >= 0.3 is 5.97 Å². The third-order valence-electron chi connectivity index (χ3n) is 6.59. The van der Waals surface area contributed by atoms with E-state index in [9.17, 15) is 9.59 Å². The largest absolute Gasteiger partial charge is 0.468 e. The molecule has 1 aliphatic carbocycles. The van der Waals surface area contributed by atoms with Crippen LogP contribution >= 0.6 is 0 Å². The van der Waals surface area contributed by atoms with Gasteiger partial charge < -0.3 is 9.64 Å². The van der Waals surface area contributed by atoms with E-state index in [1.807, 2.05) is 92.4 Å². The molecule has 4 nitrogen and oxygen atoms in total. The Kier molecular flexibility index (Phi) is 3.88. The van der Waals surface area contributed by atoms with Crippen LogP contribution in [0.5, 0.6) is 0 Å². The van der Waals surface area contributed by atoms with E-state index in [4.69, 9.17) is 4.74 Å². The van der Waals surface area contributed by atoms with E-state index >= 15 is 0 Å². The van der Waals surface area contributed by atoms with E-state index < -0.39 is 10.8 Å². The van der Waals surface area contributed by atoms with Gasteiger partial charge in [-0.15, -0.1) is 0 Å². The Labute approximate surface area is 176 Å². The molecule has 0 unspecified atom stereocenters. The van der Waals surface area contributed by atoms with E-state index in [0.717, 1.165) is 27.6 Å². The molecule has 4 heteroatoms. The van der Waals surface area contributed by atoms with Gasteiger partial charge in [-0.1, -0.05) is 81.4 Å². The Balaban J connectivity index is 1.78. The molecule has 152 valence electrons. The van der Waals surface area contributed by atoms with Gasteiger partial charge in [-0.3, -0.25) is 9.59 Å². The van der Waals surface area contributed by atoms with Gasteiger partial charge in [0, 0.05) is 17.0 Å². The molecule has 2 aliphatic rings. The Morgan fingerprint density at radius 1 is 0.933 bits per heavy atom. The molecular formula is C26H25NO3. The third kappa shape index (κ3) is 2.28. The van der Waals surface area contributed by atoms with Gasteiger partial charge in [-0.25, -0.2) is 0 Å². The fraction of sp³-hybridized carbons (Fsp3) is 0.308. The van der Waals surface area contributed by atoms with Crippen LogP contribution in [-0.2, 0) is 19.7 Å². The molecule has 0 N–H and O–H groups in total. The zero-order valence-electron chi connectivity index (χ0n) is 17.7. The van der Waals surface area contributed by atoms with Crippen LogP contribution in [0.3, 0.4) is 0 Å². The van der Waals surface area contributed by atoms with Crippen molar-refractivity contribution < 1.29 is 14.3 Å². The van der Waals surface area contributed by atoms with Gasteiger partial charge in [-0.05, 0) is 28.0 Å². The number of ether oxygens (including phenoxy) is 1. The van der Waals surface area contributed by atoms with E-state index in [0.29, 0.717) is 0 Å². The van der Waals surface area contributed by atoms with Gasteiger partial charge in [0.15, 0.2) is 0 Å². The first-order chi connectivity index (χ1) is 14.3. The summed E-state index contributed by atoms with van der Waals surface area (Å²) < 4.78 is 5.37. The molecule has 1 fully saturated rings. The number of benzene rings is 3. The number of hydrogen-bond donors (Lipinski definition) is 0. The minimum Gasteiger partial charge on any atom is -0.468 e. The summed E-state index contributed by atoms with van der Waals surface area (Å²) in [6, 6.07) is 21.8. The lowest BCUT2D eigenvalue weighted by Gasteiger charge is -2.32. The number of amides is 1. The summed E-state index contributed by atoms with van der Waals surface area (Å²) in [5, 5.41) is 2.10. The average Bonchev–Trinajstić information content (AvgIpc) is 3.30. The van der Waals surface area contributed by atoms with Crippen LogP contribution in [0.4, 0.5) is 5.69 Å². The Bertz CT molecular complexity index is 1190. The summed E-state index contributed by atoms with van der Waals surface area (Å²) in [6.45, 7) is 5.77. The van der Waals surface area contributed by atoms with Gasteiger partial charge in [-0.2, -0.15) is 0 Å². The topological polar surface area (TPSA) is 46.6 Å². The number of carbonyl (C=O) groups excluding carboxylic acids is 2. The highest BCUT2D eigenvalue weighted by atomic mass is 16.5. The highest BCUT2D eigenvalue weighted by Crippen LogP contribution is 2.70. The lowest BCUT2D eigenvalue weighted by atomic mass is 9.84. The number of para-hydroxylation sites is 1. The first kappa shape index (κ1) is 18.9. The van der Waals surface area contributed by atoms with Crippen LogP contribution in [0.2, 0.25) is 0 Å². The standard InChI is InChI=1S/C26H25NO3/c1-25(2,3)23(28)27-20-15-8-7-13-18(20)21-22(27)26(21,24(29)30-4)19-14-9-11-16-10-5-6-12-17(16)19/h5-15,21-22H,1-4H3/t21-,22+,26+/m1/s1. The number of anilines is 1. The molecule has 1 amide bonds. The zero-order valence-corrected chi connectivity index (χ0v) is 17.7. The molecule has 0 saturated heterocycles. The van der Waals surface area contributed by atoms with Crippen molar-refractivity contribution in [2.24, 2.45) is 5.41 Å². The number of carbonyl (C=O) groups is 2. The quantitative estimate of drug-likeness (QED) is 0.581. The zero-order chi connectivity index (χ0) is 21.3. The van der Waals surface area contributed by atoms with Gasteiger partial charge in [0.05, 0.1) is 13.2 Å². The van der Waals surface area contributed by atoms with Crippen molar-refractivity contribution in [1.29, 1.82) is 0 Å². The highest BCUT2D eigenvalue weighted by molar-refractivity contribution is 6.09. The Morgan fingerprint density at radius 3 is 2.33 bits per heavy atom. The number of fused-ring (bicyclic) bond motifs is 4. The van der Waals surface area contributed by atoms with Gasteiger partial charge in [0.1, 0.15) is 5.41 Å². The molecule has 0 radical (unpaired) electrons. The molecule has 3 aromatic rings. The van der Waals surface area contributed by atoms with Crippen molar-refractivity contribution in [3.8, 4) is 0 Å². The lowest BCUT2D eigenvalue weighted by Crippen LogP contribution is -2.45. The lowest BCUT2D eigenvalue weighted by molar-refractivity contribution is -0.144. The predicted molar refractivity (Wildman–Crippen MR) is 118 cm³/mol. The molecular weight excluding hydrogens is 374 g/mol. The van der Waals surface area contributed by atoms with E-state index in [2.05, 4.69) is 0 Å². The molecule has 1 heterocycles. The smallest absolute Gasteiger partial charge is 0.319 e. The summed E-state index contributed by atoms with van der Waals surface area (Å²) in [4.78, 5) is 28.8. The summed E-state index contributed by atoms with van der Waals surface area (Å²) in [7, 11) is 1.44. The second-order valence-electron chi connectivity index (χ2n) is 9.29. The maximum absolute atomic E-state index is 13.5. The van der Waals surface area contributed by atoms with Crippen molar-refractivity contribution in [2.45, 2.75) is 38.1 Å². The minimum atomic E-state index is -0.898. The van der Waals surface area contributed by atoms with Gasteiger partial charge in [0.2, 0.25) is 5.91 Å². The van der Waals surface area contributed by atoms with Crippen molar-refractivity contribution in [3.63, 3.8) is 0 Å². The first-order valence-corrected chi connectivity index (χ1v) is 10.3. The fourth-order valence-electron chi connectivity index (χ4n) is 5.29. The molecule has 3 aromatic carbocycles. The minimum absolute atomic E-state index is 0.0217. The van der Waals surface area contributed by atoms with Crippen molar-refractivity contribution in [3.05, 3.63) is 77.9 Å². The summed E-state index contributed by atoms with van der Waals surface area (Å²) in [5.74, 6) is -0.373. The van der Waals surface area contributed by atoms with Crippen molar-refractivity contribution >= 4 is 28.3 Å². The number of rotatable bonds is 2. The normalized spacial score (nSPS) is 24.3. The average molecular weight is 399 g/mol. The molecule has 3 atom stereocenters. The molecule has 0 aromatic heterocycles. The summed E-state index contributed by atoms with van der Waals surface area (Å²) in [5.41, 5.74) is 1.42. The molecule has 30 heavy (non-hydrogen) atoms. The highest BCUT2D eigenvalue weighted by Gasteiger charge is 2.78. The summed E-state index contributed by atoms with van der Waals surface area (Å²) in [6.07, 6.45) is 0. The van der Waals surface area contributed by atoms with Crippen LogP contribution < -0.4 is 4.90 Å². The van der Waals surface area contributed by atoms with Crippen LogP contribution in [0.25, 0.3) is 10.8 Å². The fourth-order valence-corrected chi connectivity index (χ4v) is 5.29. The monoisotopic (exact) mass is 399 g/mol. The Morgan fingerprint density at radius 2 is 1.60 bits per heavy atom. The summed E-state index contributed by atoms with van der Waals surface area (Å²) >= 11 is 0. The number of esters is 1. The number of hydrogen-bond acceptors (Lipinski definition) is 3. The number of methoxy groups -OCH3 is 1. The SMILES string of the molecule is COC(=O)[C@@]1(c2cccc3ccccc23)[C@@H]2c3ccccc3N(C(=O)C(C)(C)C)[C@@H]21. The second kappa shape index (κ2) is 6.18. The van der Waals surface area contributed by atoms with Gasteiger partial charge in [0.25, 0.3) is 0 Å². The van der Waals surface area contributed by atoms with Crippen molar-refractivity contribution in [1.82, 2.24) is 0 Å². The second-order valence-corrected chi connectivity index (χ2v) is 9.29. The third-order valence-corrected chi connectivity index (χ3v) is 6.59. The molecule has 0 spiro atoms.